The molecule has 1 aromatic carbocycles. The van der Waals surface area contributed by atoms with E-state index in [1.54, 1.807) is 6.07 Å². The van der Waals surface area contributed by atoms with Crippen molar-refractivity contribution in [3.05, 3.63) is 28.8 Å². The Kier molecular flexibility index (Phi) is 5.09. The van der Waals surface area contributed by atoms with Gasteiger partial charge in [0.1, 0.15) is 0 Å². The average Bonchev–Trinajstić information content (AvgIpc) is 2.35. The highest BCUT2D eigenvalue weighted by atomic mass is 35.5. The second kappa shape index (κ2) is 6.17. The highest BCUT2D eigenvalue weighted by Gasteiger charge is 2.32. The SMILES string of the molecule is COC(=O)c1cc(C#N)c(CCl)cc1SC(F)(F)F. The fraction of sp³-hybridized carbons (Fsp3) is 0.273. The zero-order chi connectivity index (χ0) is 14.6. The third kappa shape index (κ3) is 4.04. The quantitative estimate of drug-likeness (QED) is 0.485. The minimum atomic E-state index is -4.56. The normalized spacial score (nSPS) is 10.9. The summed E-state index contributed by atoms with van der Waals surface area (Å²) in [5.74, 6) is -1.07. The van der Waals surface area contributed by atoms with E-state index < -0.39 is 23.2 Å². The molecule has 0 bridgehead atoms. The molecule has 0 aliphatic rings. The minimum absolute atomic E-state index is 0.0434. The maximum atomic E-state index is 12.4. The lowest BCUT2D eigenvalue weighted by Crippen LogP contribution is -2.08. The lowest BCUT2D eigenvalue weighted by Gasteiger charge is -2.12. The van der Waals surface area contributed by atoms with Crippen LogP contribution in [-0.2, 0) is 10.6 Å². The van der Waals surface area contributed by atoms with Crippen molar-refractivity contribution in [3.8, 4) is 6.07 Å². The topological polar surface area (TPSA) is 50.1 Å². The van der Waals surface area contributed by atoms with Gasteiger partial charge in [0.05, 0.1) is 24.3 Å². The van der Waals surface area contributed by atoms with Crippen LogP contribution in [0.1, 0.15) is 21.5 Å². The Bertz CT molecular complexity index is 540. The van der Waals surface area contributed by atoms with Gasteiger partial charge in [-0.05, 0) is 29.5 Å². The van der Waals surface area contributed by atoms with Gasteiger partial charge in [0.25, 0.3) is 0 Å². The van der Waals surface area contributed by atoms with E-state index in [2.05, 4.69) is 4.74 Å². The second-order valence-corrected chi connectivity index (χ2v) is 4.66. The molecule has 0 aliphatic carbocycles. The summed E-state index contributed by atoms with van der Waals surface area (Å²) >= 11 is 5.11. The smallest absolute Gasteiger partial charge is 0.446 e. The molecule has 19 heavy (non-hydrogen) atoms. The maximum Gasteiger partial charge on any atom is 0.446 e. The summed E-state index contributed by atoms with van der Waals surface area (Å²) in [5, 5.41) is 8.86. The fourth-order valence-corrected chi connectivity index (χ4v) is 2.24. The molecule has 0 fully saturated rings. The van der Waals surface area contributed by atoms with E-state index in [1.165, 1.54) is 0 Å². The summed E-state index contributed by atoms with van der Waals surface area (Å²) in [6, 6.07) is 3.91. The monoisotopic (exact) mass is 309 g/mol. The van der Waals surface area contributed by atoms with Crippen LogP contribution in [0, 0.1) is 11.3 Å². The number of thioether (sulfide) groups is 1. The van der Waals surface area contributed by atoms with Crippen LogP contribution in [0.4, 0.5) is 13.2 Å². The van der Waals surface area contributed by atoms with E-state index >= 15 is 0 Å². The first-order valence-corrected chi connectivity index (χ1v) is 6.14. The molecule has 0 N–H and O–H groups in total. The molecule has 0 heterocycles. The molecule has 0 aromatic heterocycles. The summed E-state index contributed by atoms with van der Waals surface area (Å²) in [7, 11) is 1.05. The Morgan fingerprint density at radius 3 is 2.58 bits per heavy atom. The second-order valence-electron chi connectivity index (χ2n) is 3.29. The van der Waals surface area contributed by atoms with Crippen LogP contribution >= 0.6 is 23.4 Å². The van der Waals surface area contributed by atoms with Crippen molar-refractivity contribution >= 4 is 29.3 Å². The van der Waals surface area contributed by atoms with Crippen molar-refractivity contribution in [1.29, 1.82) is 5.26 Å². The number of halogens is 4. The Morgan fingerprint density at radius 2 is 2.16 bits per heavy atom. The Hall–Kier alpha value is -1.39. The Labute approximate surface area is 116 Å². The number of carbonyl (C=O) groups excluding carboxylic acids is 1. The van der Waals surface area contributed by atoms with Crippen LogP contribution in [0.2, 0.25) is 0 Å². The van der Waals surface area contributed by atoms with Crippen molar-refractivity contribution in [2.75, 3.05) is 7.11 Å². The number of benzene rings is 1. The number of ether oxygens (including phenoxy) is 1. The molecular formula is C11H7ClF3NO2S. The molecule has 0 aliphatic heterocycles. The number of carbonyl (C=O) groups is 1. The van der Waals surface area contributed by atoms with Crippen LogP contribution in [0.15, 0.2) is 17.0 Å². The van der Waals surface area contributed by atoms with Crippen LogP contribution in [-0.4, -0.2) is 18.6 Å². The van der Waals surface area contributed by atoms with Crippen LogP contribution < -0.4 is 0 Å². The van der Waals surface area contributed by atoms with Gasteiger partial charge in [0.2, 0.25) is 0 Å². The molecule has 0 amide bonds. The van der Waals surface area contributed by atoms with Crippen molar-refractivity contribution in [1.82, 2.24) is 0 Å². The molecule has 0 saturated heterocycles. The van der Waals surface area contributed by atoms with Gasteiger partial charge in [-0.15, -0.1) is 11.6 Å². The third-order valence-corrected chi connectivity index (χ3v) is 3.18. The van der Waals surface area contributed by atoms with Gasteiger partial charge >= 0.3 is 11.5 Å². The molecule has 0 atom stereocenters. The zero-order valence-corrected chi connectivity index (χ0v) is 11.1. The summed E-state index contributed by atoms with van der Waals surface area (Å²) in [5.41, 5.74) is -4.60. The predicted octanol–water partition coefficient (Wildman–Crippen LogP) is 3.70. The highest BCUT2D eigenvalue weighted by molar-refractivity contribution is 8.00. The molecule has 1 aromatic rings. The molecule has 0 saturated carbocycles. The maximum absolute atomic E-state index is 12.4. The minimum Gasteiger partial charge on any atom is -0.465 e. The van der Waals surface area contributed by atoms with Crippen molar-refractivity contribution in [2.45, 2.75) is 16.3 Å². The molecule has 3 nitrogen and oxygen atoms in total. The summed E-state index contributed by atoms with van der Waals surface area (Å²) in [4.78, 5) is 11.1. The number of hydrogen-bond acceptors (Lipinski definition) is 4. The van der Waals surface area contributed by atoms with E-state index in [0.29, 0.717) is 0 Å². The average molecular weight is 310 g/mol. The number of methoxy groups -OCH3 is 1. The predicted molar refractivity (Wildman–Crippen MR) is 64.0 cm³/mol. The third-order valence-electron chi connectivity index (χ3n) is 2.10. The number of nitriles is 1. The summed E-state index contributed by atoms with van der Waals surface area (Å²) in [6.45, 7) is 0. The lowest BCUT2D eigenvalue weighted by molar-refractivity contribution is -0.0328. The van der Waals surface area contributed by atoms with Gasteiger partial charge in [0, 0.05) is 10.8 Å². The van der Waals surface area contributed by atoms with E-state index in [4.69, 9.17) is 16.9 Å². The molecular weight excluding hydrogens is 303 g/mol. The van der Waals surface area contributed by atoms with Gasteiger partial charge in [0.15, 0.2) is 0 Å². The standard InChI is InChI=1S/C11H7ClF3NO2S/c1-18-10(17)8-2-7(5-16)6(4-12)3-9(8)19-11(13,14)15/h2-3H,4H2,1H3. The zero-order valence-electron chi connectivity index (χ0n) is 9.55. The van der Waals surface area contributed by atoms with Gasteiger partial charge in [-0.2, -0.15) is 18.4 Å². The van der Waals surface area contributed by atoms with Gasteiger partial charge in [-0.25, -0.2) is 4.79 Å². The van der Waals surface area contributed by atoms with Gasteiger partial charge < -0.3 is 4.74 Å². The molecule has 102 valence electrons. The number of hydrogen-bond donors (Lipinski definition) is 0. The summed E-state index contributed by atoms with van der Waals surface area (Å²) < 4.78 is 41.7. The first kappa shape index (κ1) is 15.7. The van der Waals surface area contributed by atoms with Crippen molar-refractivity contribution < 1.29 is 22.7 Å². The number of nitrogens with zero attached hydrogens (tertiary/aromatic N) is 1. The van der Waals surface area contributed by atoms with E-state index in [1.807, 2.05) is 0 Å². The van der Waals surface area contributed by atoms with Gasteiger partial charge in [-0.1, -0.05) is 0 Å². The molecule has 1 rings (SSSR count). The van der Waals surface area contributed by atoms with Crippen LogP contribution in [0.25, 0.3) is 0 Å². The van der Waals surface area contributed by atoms with Crippen molar-refractivity contribution in [2.24, 2.45) is 0 Å². The fourth-order valence-electron chi connectivity index (χ4n) is 1.32. The Morgan fingerprint density at radius 1 is 1.53 bits per heavy atom. The summed E-state index contributed by atoms with van der Waals surface area (Å²) in [6.07, 6.45) is 0. The van der Waals surface area contributed by atoms with E-state index in [9.17, 15) is 18.0 Å². The molecule has 0 radical (unpaired) electrons. The van der Waals surface area contributed by atoms with Crippen LogP contribution in [0.3, 0.4) is 0 Å². The number of rotatable bonds is 3. The number of alkyl halides is 4. The van der Waals surface area contributed by atoms with E-state index in [-0.39, 0.29) is 27.5 Å². The Balaban J connectivity index is 3.41. The van der Waals surface area contributed by atoms with Crippen molar-refractivity contribution in [3.63, 3.8) is 0 Å². The lowest BCUT2D eigenvalue weighted by atomic mass is 10.1. The van der Waals surface area contributed by atoms with Crippen LogP contribution in [0.5, 0.6) is 0 Å². The largest absolute Gasteiger partial charge is 0.465 e. The first-order chi connectivity index (χ1) is 8.82. The molecule has 0 spiro atoms. The molecule has 8 heteroatoms. The first-order valence-electron chi connectivity index (χ1n) is 4.79. The number of esters is 1. The van der Waals surface area contributed by atoms with Gasteiger partial charge in [-0.3, -0.25) is 0 Å². The highest BCUT2D eigenvalue weighted by Crippen LogP contribution is 2.40. The molecule has 0 unspecified atom stereocenters. The van der Waals surface area contributed by atoms with E-state index in [0.717, 1.165) is 19.2 Å².